The zero-order valence-corrected chi connectivity index (χ0v) is 56.6. The molecule has 6 heterocycles. The number of carboxylic acid groups (broad SMARTS) is 1. The lowest BCUT2D eigenvalue weighted by atomic mass is 9.88. The third-order valence-corrected chi connectivity index (χ3v) is 18.4. The van der Waals surface area contributed by atoms with E-state index in [-0.39, 0.29) is 6.42 Å². The van der Waals surface area contributed by atoms with E-state index in [9.17, 15) is 106 Å². The monoisotopic (exact) mass is 1440 g/mol. The predicted molar refractivity (Wildman–Crippen MR) is 341 cm³/mol. The topological polar surface area (TPSA) is 553 Å². The molecule has 6 rings (SSSR count). The second kappa shape index (κ2) is 42.0. The van der Waals surface area contributed by atoms with Gasteiger partial charge in [0.25, 0.3) is 5.79 Å². The Balaban J connectivity index is 1.25. The van der Waals surface area contributed by atoms with Crippen molar-refractivity contribution in [2.45, 2.75) is 301 Å². The molecule has 574 valence electrons. The summed E-state index contributed by atoms with van der Waals surface area (Å²) in [5, 5.41) is 196. The van der Waals surface area contributed by atoms with E-state index >= 15 is 0 Å². The van der Waals surface area contributed by atoms with Crippen LogP contribution in [0, 0.1) is 0 Å². The smallest absolute Gasteiger partial charge is 0.364 e. The summed E-state index contributed by atoms with van der Waals surface area (Å²) in [4.78, 5) is 56.9. The molecule has 0 radical (unpaired) electrons. The number of hydrogen-bond donors (Lipinski definition) is 20. The number of amides is 3. The van der Waals surface area contributed by atoms with Crippen LogP contribution in [0.2, 0.25) is 0 Å². The summed E-state index contributed by atoms with van der Waals surface area (Å²) in [5.41, 5.74) is 0.458. The Labute approximate surface area is 579 Å². The van der Waals surface area contributed by atoms with E-state index in [0.29, 0.717) is 12.1 Å². The lowest BCUT2D eigenvalue weighted by Gasteiger charge is -2.52. The quantitative estimate of drug-likeness (QED) is 0.0273. The number of rotatable bonds is 41. The number of aliphatic hydroxyl groups excluding tert-OH is 16. The molecule has 3 amide bonds. The van der Waals surface area contributed by atoms with Gasteiger partial charge in [0, 0.05) is 32.9 Å². The Hall–Kier alpha value is -4.27. The molecular weight excluding hydrogens is 1330 g/mol. The van der Waals surface area contributed by atoms with Crippen LogP contribution in [0.1, 0.15) is 136 Å². The van der Waals surface area contributed by atoms with Crippen LogP contribution < -0.4 is 16.0 Å². The molecule has 20 N–H and O–H groups in total. The first-order valence-electron chi connectivity index (χ1n) is 34.5. The molecule has 5 saturated heterocycles. The van der Waals surface area contributed by atoms with Crippen molar-refractivity contribution in [1.82, 2.24) is 20.9 Å². The number of carbonyl (C=O) groups is 4. The standard InChI is InChI=1S/C65H108N4O31/c1-4-5-6-7-8-9-10-11-12-13-14-15-16-17-18-22-44(80)69-36(37(77)24-23-35-21-19-20-25-66-35)32-91-61-53(87)51(85)55(42(30-73)94-61)96-63-54(88)59(100-65(64(89)90)26-38(78)45(67-33(2)75)58(99-65)47(81)39(79)27-70)56(43(31-74)95-63)97-60-46(68-34(3)76)57(49(83)41(29-72)92-60)98-62-52(86)50(84)48(82)40(28-71)93-62/h19-21,23-25,36-43,45-63,70-74,77-79,81-88H,4-18,22,26-32H2,1-3H3,(H,67,75)(H,68,76)(H,69,80)(H,89,90)/b24-23+/t36-,37+,38-,39+,40+,41+,42+,43+,45?,46+,47+,48-,49-,50-,51+,52+,53+,54+,55+,56-,57+,58?,59+,60-,61+,62-,63-,65-/m0/s1. The van der Waals surface area contributed by atoms with Gasteiger partial charge in [-0.05, 0) is 24.6 Å². The number of aliphatic hydroxyl groups is 16. The lowest BCUT2D eigenvalue weighted by Crippen LogP contribution is -2.72. The molecule has 28 atom stereocenters. The average molecular weight is 1440 g/mol. The molecule has 0 aliphatic carbocycles. The molecule has 35 heteroatoms. The highest BCUT2D eigenvalue weighted by molar-refractivity contribution is 5.77. The van der Waals surface area contributed by atoms with Gasteiger partial charge >= 0.3 is 5.97 Å². The van der Waals surface area contributed by atoms with E-state index in [1.165, 1.54) is 76.1 Å². The molecule has 5 fully saturated rings. The fourth-order valence-electron chi connectivity index (χ4n) is 12.8. The zero-order valence-electron chi connectivity index (χ0n) is 56.6. The molecule has 0 spiro atoms. The molecule has 1 aromatic heterocycles. The number of aromatic nitrogens is 1. The average Bonchev–Trinajstić information content (AvgIpc) is 0.749. The van der Waals surface area contributed by atoms with Crippen LogP contribution >= 0.6 is 0 Å². The number of nitrogens with zero attached hydrogens (tertiary/aromatic N) is 1. The second-order valence-corrected chi connectivity index (χ2v) is 26.1. The maximum Gasteiger partial charge on any atom is 0.364 e. The highest BCUT2D eigenvalue weighted by Crippen LogP contribution is 2.41. The number of unbranched alkanes of at least 4 members (excludes halogenated alkanes) is 14. The number of nitrogens with one attached hydrogen (secondary N) is 3. The summed E-state index contributed by atoms with van der Waals surface area (Å²) >= 11 is 0. The van der Waals surface area contributed by atoms with E-state index < -0.39 is 241 Å². The number of aliphatic carboxylic acids is 1. The maximum atomic E-state index is 13.8. The number of ether oxygens (including phenoxy) is 10. The molecule has 5 aliphatic heterocycles. The maximum absolute atomic E-state index is 13.8. The summed E-state index contributed by atoms with van der Waals surface area (Å²) in [7, 11) is 0. The minimum atomic E-state index is -3.39. The number of carbonyl (C=O) groups excluding carboxylic acids is 3. The molecule has 0 bridgehead atoms. The first-order chi connectivity index (χ1) is 47.8. The number of carboxylic acids is 1. The van der Waals surface area contributed by atoms with Crippen molar-refractivity contribution in [1.29, 1.82) is 0 Å². The van der Waals surface area contributed by atoms with E-state index in [4.69, 9.17) is 47.4 Å². The molecular formula is C65H108N4O31. The van der Waals surface area contributed by atoms with Crippen molar-refractivity contribution in [3.05, 3.63) is 36.2 Å². The number of hydrogen-bond acceptors (Lipinski definition) is 31. The first kappa shape index (κ1) is 84.7. The van der Waals surface area contributed by atoms with Crippen LogP contribution in [-0.4, -0.2) is 326 Å². The van der Waals surface area contributed by atoms with Gasteiger partial charge in [-0.3, -0.25) is 19.4 Å². The van der Waals surface area contributed by atoms with Gasteiger partial charge in [0.2, 0.25) is 17.7 Å². The molecule has 35 nitrogen and oxygen atoms in total. The highest BCUT2D eigenvalue weighted by Gasteiger charge is 2.62. The van der Waals surface area contributed by atoms with Gasteiger partial charge in [-0.2, -0.15) is 0 Å². The van der Waals surface area contributed by atoms with Gasteiger partial charge in [0.15, 0.2) is 25.2 Å². The van der Waals surface area contributed by atoms with E-state index in [1.807, 2.05) is 0 Å². The Morgan fingerprint density at radius 3 is 1.66 bits per heavy atom. The largest absolute Gasteiger partial charge is 0.477 e. The predicted octanol–water partition coefficient (Wildman–Crippen LogP) is -5.19. The summed E-state index contributed by atoms with van der Waals surface area (Å²) in [5.74, 6) is -7.79. The van der Waals surface area contributed by atoms with Crippen LogP contribution in [0.5, 0.6) is 0 Å². The van der Waals surface area contributed by atoms with Gasteiger partial charge in [-0.25, -0.2) is 4.79 Å². The second-order valence-electron chi connectivity index (χ2n) is 26.1. The lowest BCUT2D eigenvalue weighted by molar-refractivity contribution is -0.403. The van der Waals surface area contributed by atoms with Crippen LogP contribution in [0.3, 0.4) is 0 Å². The van der Waals surface area contributed by atoms with Gasteiger partial charge in [-0.1, -0.05) is 109 Å². The minimum Gasteiger partial charge on any atom is -0.477 e. The third kappa shape index (κ3) is 23.4. The Morgan fingerprint density at radius 1 is 0.590 bits per heavy atom. The van der Waals surface area contributed by atoms with Crippen LogP contribution in [-0.2, 0) is 66.5 Å². The van der Waals surface area contributed by atoms with Crippen LogP contribution in [0.4, 0.5) is 0 Å². The summed E-state index contributed by atoms with van der Waals surface area (Å²) in [6, 6.07) is 0.162. The van der Waals surface area contributed by atoms with Gasteiger partial charge in [-0.15, -0.1) is 0 Å². The first-order valence-corrected chi connectivity index (χ1v) is 34.5. The van der Waals surface area contributed by atoms with Crippen molar-refractivity contribution in [2.24, 2.45) is 0 Å². The molecule has 100 heavy (non-hydrogen) atoms. The van der Waals surface area contributed by atoms with Crippen molar-refractivity contribution in [2.75, 3.05) is 39.6 Å². The molecule has 5 aliphatic rings. The molecule has 1 aromatic rings. The fourth-order valence-corrected chi connectivity index (χ4v) is 12.8. The highest BCUT2D eigenvalue weighted by atomic mass is 16.8. The summed E-state index contributed by atoms with van der Waals surface area (Å²) in [6.07, 6.45) is -29.7. The zero-order chi connectivity index (χ0) is 73.4. The Kier molecular flexibility index (Phi) is 35.6. The molecule has 0 aromatic carbocycles. The fraction of sp³-hybridized carbons (Fsp3) is 0.831. The van der Waals surface area contributed by atoms with E-state index in [2.05, 4.69) is 27.9 Å². The van der Waals surface area contributed by atoms with Crippen molar-refractivity contribution in [3.63, 3.8) is 0 Å². The van der Waals surface area contributed by atoms with Crippen LogP contribution in [0.15, 0.2) is 30.5 Å². The van der Waals surface area contributed by atoms with E-state index in [0.717, 1.165) is 46.0 Å². The van der Waals surface area contributed by atoms with Crippen molar-refractivity contribution >= 4 is 29.8 Å². The van der Waals surface area contributed by atoms with Gasteiger partial charge < -0.3 is 150 Å². The minimum absolute atomic E-state index is 0.0945. The van der Waals surface area contributed by atoms with Crippen molar-refractivity contribution in [3.8, 4) is 0 Å². The third-order valence-electron chi connectivity index (χ3n) is 18.4. The molecule has 0 saturated carbocycles. The molecule has 2 unspecified atom stereocenters. The van der Waals surface area contributed by atoms with Crippen molar-refractivity contribution < 1.29 is 153 Å². The summed E-state index contributed by atoms with van der Waals surface area (Å²) < 4.78 is 59.7. The normalized spacial score (nSPS) is 36.1. The SMILES string of the molecule is CCCCCCCCCCCCCCCCCC(=O)N[C@@H](CO[C@@H]1O[C@H](CO)[C@@H](O[C@@H]2O[C@H](CO)[C@H](O[C@@H]3O[C@H](CO)[C@H](O)[C@H](O[C@@H]4O[C@H](CO)[C@H](O)[C@H](O)[C@H]4O)[C@H]3NC(C)=O)[C@H](O[C@]3(C(=O)O)C[C@H](O)C(NC(C)=O)C([C@H](O)[C@H](O)CO)O3)[C@H]2O)[C@H](O)[C@H]1O)[C@H](O)/C=C/c1ccccn1. The van der Waals surface area contributed by atoms with Gasteiger partial charge in [0.05, 0.1) is 69.6 Å². The van der Waals surface area contributed by atoms with E-state index in [1.54, 1.807) is 18.2 Å². The Morgan fingerprint density at radius 2 is 1.10 bits per heavy atom. The van der Waals surface area contributed by atoms with Crippen LogP contribution in [0.25, 0.3) is 6.08 Å². The number of pyridine rings is 1. The Bertz CT molecular complexity index is 2590. The van der Waals surface area contributed by atoms with Gasteiger partial charge in [0.1, 0.15) is 116 Å². The summed E-state index contributed by atoms with van der Waals surface area (Å²) in [6.45, 7) is -2.02.